The first-order valence-electron chi connectivity index (χ1n) is 5.30. The first-order valence-corrected chi connectivity index (χ1v) is 6.99. The number of carbonyl (C=O) groups is 1. The van der Waals surface area contributed by atoms with Gasteiger partial charge in [0, 0.05) is 5.38 Å². The van der Waals surface area contributed by atoms with Gasteiger partial charge in [-0.05, 0) is 6.92 Å². The summed E-state index contributed by atoms with van der Waals surface area (Å²) in [5.74, 6) is -0.570. The Morgan fingerprint density at radius 1 is 1.45 bits per heavy atom. The molecule has 3 N–H and O–H groups in total. The maximum Gasteiger partial charge on any atom is 0.434 e. The van der Waals surface area contributed by atoms with Crippen molar-refractivity contribution in [3.05, 3.63) is 26.7 Å². The van der Waals surface area contributed by atoms with Gasteiger partial charge in [0.05, 0.1) is 12.2 Å². The maximum absolute atomic E-state index is 12.4. The zero-order valence-electron chi connectivity index (χ0n) is 10.1. The highest BCUT2D eigenvalue weighted by Crippen LogP contribution is 2.31. The molecule has 0 atom stereocenters. The van der Waals surface area contributed by atoms with Crippen LogP contribution in [0.3, 0.4) is 0 Å². The number of nitrogens with zero attached hydrogens (tertiary/aromatic N) is 2. The zero-order chi connectivity index (χ0) is 14.9. The van der Waals surface area contributed by atoms with E-state index >= 15 is 0 Å². The predicted molar refractivity (Wildman–Crippen MR) is 69.8 cm³/mol. The molecule has 1 amide bonds. The quantitative estimate of drug-likeness (QED) is 0.907. The van der Waals surface area contributed by atoms with Crippen molar-refractivity contribution in [2.45, 2.75) is 19.6 Å². The van der Waals surface area contributed by atoms with Gasteiger partial charge < -0.3 is 11.1 Å². The SMILES string of the molecule is Cc1nc(CNc2nc(C(F)(F)F)cs2)sc1C(N)=O. The van der Waals surface area contributed by atoms with Crippen molar-refractivity contribution >= 4 is 33.7 Å². The van der Waals surface area contributed by atoms with Gasteiger partial charge in [-0.1, -0.05) is 0 Å². The van der Waals surface area contributed by atoms with Crippen molar-refractivity contribution in [1.29, 1.82) is 0 Å². The largest absolute Gasteiger partial charge is 0.434 e. The molecule has 0 aliphatic rings. The van der Waals surface area contributed by atoms with Crippen molar-refractivity contribution in [3.63, 3.8) is 0 Å². The number of thiazole rings is 2. The number of primary amides is 1. The minimum absolute atomic E-state index is 0.144. The fourth-order valence-corrected chi connectivity index (χ4v) is 2.97. The molecule has 0 saturated heterocycles. The number of aryl methyl sites for hydroxylation is 1. The number of hydrogen-bond donors (Lipinski definition) is 2. The molecular weight excluding hydrogens is 313 g/mol. The standard InChI is InChI=1S/C10H9F3N4OS2/c1-4-7(8(14)18)20-6(16-4)2-15-9-17-5(3-19-9)10(11,12)13/h3H,2H2,1H3,(H2,14,18)(H,15,17). The second-order valence-electron chi connectivity index (χ2n) is 3.78. The summed E-state index contributed by atoms with van der Waals surface area (Å²) in [6, 6.07) is 0. The predicted octanol–water partition coefficient (Wildman–Crippen LogP) is 2.64. The summed E-state index contributed by atoms with van der Waals surface area (Å²) in [5, 5.41) is 4.37. The lowest BCUT2D eigenvalue weighted by Gasteiger charge is -2.01. The van der Waals surface area contributed by atoms with E-state index in [2.05, 4.69) is 15.3 Å². The van der Waals surface area contributed by atoms with E-state index in [1.165, 1.54) is 0 Å². The number of nitrogens with one attached hydrogen (secondary N) is 1. The molecule has 20 heavy (non-hydrogen) atoms. The van der Waals surface area contributed by atoms with Gasteiger partial charge in [-0.15, -0.1) is 22.7 Å². The smallest absolute Gasteiger partial charge is 0.365 e. The van der Waals surface area contributed by atoms with E-state index in [1.807, 2.05) is 0 Å². The molecule has 0 unspecified atom stereocenters. The van der Waals surface area contributed by atoms with Crippen molar-refractivity contribution < 1.29 is 18.0 Å². The average Bonchev–Trinajstić information content (AvgIpc) is 2.91. The summed E-state index contributed by atoms with van der Waals surface area (Å²) in [6.07, 6.45) is -4.45. The van der Waals surface area contributed by atoms with Gasteiger partial charge >= 0.3 is 6.18 Å². The highest BCUT2D eigenvalue weighted by molar-refractivity contribution is 7.14. The molecule has 0 radical (unpaired) electrons. The molecule has 108 valence electrons. The van der Waals surface area contributed by atoms with Crippen LogP contribution in [-0.2, 0) is 12.7 Å². The molecule has 0 saturated carbocycles. The van der Waals surface area contributed by atoms with Gasteiger partial charge in [-0.25, -0.2) is 9.97 Å². The molecule has 0 aromatic carbocycles. The van der Waals surface area contributed by atoms with Gasteiger partial charge in [0.25, 0.3) is 5.91 Å². The van der Waals surface area contributed by atoms with Crippen molar-refractivity contribution in [1.82, 2.24) is 9.97 Å². The Morgan fingerprint density at radius 2 is 2.15 bits per heavy atom. The highest BCUT2D eigenvalue weighted by atomic mass is 32.1. The van der Waals surface area contributed by atoms with Crippen LogP contribution in [0.4, 0.5) is 18.3 Å². The topological polar surface area (TPSA) is 80.9 Å². The zero-order valence-corrected chi connectivity index (χ0v) is 11.7. The molecule has 0 fully saturated rings. The van der Waals surface area contributed by atoms with E-state index in [9.17, 15) is 18.0 Å². The van der Waals surface area contributed by atoms with Crippen molar-refractivity contribution in [2.75, 3.05) is 5.32 Å². The van der Waals surface area contributed by atoms with Gasteiger partial charge in [-0.2, -0.15) is 13.2 Å². The lowest BCUT2D eigenvalue weighted by atomic mass is 10.4. The van der Waals surface area contributed by atoms with Crippen LogP contribution >= 0.6 is 22.7 Å². The molecule has 0 bridgehead atoms. The second-order valence-corrected chi connectivity index (χ2v) is 5.72. The van der Waals surface area contributed by atoms with Crippen LogP contribution in [0.1, 0.15) is 26.1 Å². The van der Waals surface area contributed by atoms with Crippen molar-refractivity contribution in [3.8, 4) is 0 Å². The Kier molecular flexibility index (Phi) is 3.95. The summed E-state index contributed by atoms with van der Waals surface area (Å²) < 4.78 is 37.1. The molecule has 2 aromatic rings. The first-order chi connectivity index (χ1) is 9.27. The second kappa shape index (κ2) is 5.37. The maximum atomic E-state index is 12.4. The summed E-state index contributed by atoms with van der Waals surface area (Å²) in [4.78, 5) is 18.9. The average molecular weight is 322 g/mol. The number of anilines is 1. The van der Waals surface area contributed by atoms with Crippen LogP contribution in [0.25, 0.3) is 0 Å². The van der Waals surface area contributed by atoms with E-state index in [4.69, 9.17) is 5.73 Å². The fraction of sp³-hybridized carbons (Fsp3) is 0.300. The molecule has 2 rings (SSSR count). The van der Waals surface area contributed by atoms with Crippen molar-refractivity contribution in [2.24, 2.45) is 5.73 Å². The number of rotatable bonds is 4. The number of nitrogens with two attached hydrogens (primary N) is 1. The third-order valence-electron chi connectivity index (χ3n) is 2.25. The number of hydrogen-bond acceptors (Lipinski definition) is 6. The van der Waals surface area contributed by atoms with Crippen LogP contribution < -0.4 is 11.1 Å². The van der Waals surface area contributed by atoms with Crippen LogP contribution in [0.5, 0.6) is 0 Å². The van der Waals surface area contributed by atoms with Crippen LogP contribution in [-0.4, -0.2) is 15.9 Å². The molecule has 10 heteroatoms. The fourth-order valence-electron chi connectivity index (χ4n) is 1.39. The Labute approximate surface area is 119 Å². The number of alkyl halides is 3. The van der Waals surface area contributed by atoms with Gasteiger partial charge in [0.1, 0.15) is 9.88 Å². The summed E-state index contributed by atoms with van der Waals surface area (Å²) >= 11 is 1.96. The lowest BCUT2D eigenvalue weighted by Crippen LogP contribution is -2.10. The van der Waals surface area contributed by atoms with E-state index in [1.54, 1.807) is 6.92 Å². The third-order valence-corrected chi connectivity index (χ3v) is 4.22. The number of amides is 1. The monoisotopic (exact) mass is 322 g/mol. The molecular formula is C10H9F3N4OS2. The highest BCUT2D eigenvalue weighted by Gasteiger charge is 2.33. The Bertz CT molecular complexity index is 635. The molecule has 0 aliphatic heterocycles. The summed E-state index contributed by atoms with van der Waals surface area (Å²) in [7, 11) is 0. The number of halogens is 3. The van der Waals surface area contributed by atoms with Crippen LogP contribution in [0, 0.1) is 6.92 Å². The van der Waals surface area contributed by atoms with Gasteiger partial charge in [0.15, 0.2) is 10.8 Å². The van der Waals surface area contributed by atoms with Gasteiger partial charge in [0.2, 0.25) is 0 Å². The molecule has 2 aromatic heterocycles. The minimum Gasteiger partial charge on any atom is -0.365 e. The number of aromatic nitrogens is 2. The van der Waals surface area contributed by atoms with Gasteiger partial charge in [-0.3, -0.25) is 4.79 Å². The van der Waals surface area contributed by atoms with E-state index in [0.29, 0.717) is 15.6 Å². The molecule has 0 spiro atoms. The Hall–Kier alpha value is -1.68. The first kappa shape index (κ1) is 14.7. The third kappa shape index (κ3) is 3.25. The van der Waals surface area contributed by atoms with Crippen LogP contribution in [0.15, 0.2) is 5.38 Å². The molecule has 2 heterocycles. The van der Waals surface area contributed by atoms with Crippen LogP contribution in [0.2, 0.25) is 0 Å². The minimum atomic E-state index is -4.45. The van der Waals surface area contributed by atoms with E-state index in [0.717, 1.165) is 28.1 Å². The Balaban J connectivity index is 2.04. The Morgan fingerprint density at radius 3 is 2.65 bits per heavy atom. The lowest BCUT2D eigenvalue weighted by molar-refractivity contribution is -0.140. The molecule has 0 aliphatic carbocycles. The summed E-state index contributed by atoms with van der Waals surface area (Å²) in [5.41, 5.74) is 4.74. The summed E-state index contributed by atoms with van der Waals surface area (Å²) in [6.45, 7) is 1.83. The number of carbonyl (C=O) groups excluding carboxylic acids is 1. The normalized spacial score (nSPS) is 11.6. The molecule has 5 nitrogen and oxygen atoms in total. The van der Waals surface area contributed by atoms with E-state index < -0.39 is 17.8 Å². The van der Waals surface area contributed by atoms with E-state index in [-0.39, 0.29) is 11.7 Å².